The lowest BCUT2D eigenvalue weighted by Gasteiger charge is -2.21. The summed E-state index contributed by atoms with van der Waals surface area (Å²) < 4.78 is 16.1. The predicted molar refractivity (Wildman–Crippen MR) is 100.0 cm³/mol. The van der Waals surface area contributed by atoms with Crippen molar-refractivity contribution in [2.45, 2.75) is 6.42 Å². The molecule has 0 bridgehead atoms. The number of benzene rings is 2. The van der Waals surface area contributed by atoms with Crippen molar-refractivity contribution >= 4 is 22.2 Å². The van der Waals surface area contributed by atoms with E-state index in [4.69, 9.17) is 0 Å². The van der Waals surface area contributed by atoms with Gasteiger partial charge >= 0.3 is 0 Å². The number of hydrogen-bond donors (Lipinski definition) is 0. The molecule has 3 aromatic rings. The van der Waals surface area contributed by atoms with Crippen molar-refractivity contribution in [3.63, 3.8) is 0 Å². The molecular formula is C20H18FN3O2. The van der Waals surface area contributed by atoms with Crippen molar-refractivity contribution in [2.24, 2.45) is 0 Å². The number of fused-ring (bicyclic) bond motifs is 1. The third-order valence-electron chi connectivity index (χ3n) is 4.87. The van der Waals surface area contributed by atoms with Crippen molar-refractivity contribution < 1.29 is 9.31 Å². The zero-order valence-electron chi connectivity index (χ0n) is 14.4. The van der Waals surface area contributed by atoms with Gasteiger partial charge in [-0.3, -0.25) is 10.1 Å². The van der Waals surface area contributed by atoms with E-state index in [1.54, 1.807) is 34.9 Å². The fourth-order valence-electron chi connectivity index (χ4n) is 3.45. The molecule has 0 fully saturated rings. The van der Waals surface area contributed by atoms with Crippen LogP contribution in [0.4, 0.5) is 10.1 Å². The first-order chi connectivity index (χ1) is 12.5. The molecule has 0 spiro atoms. The number of nitro groups is 1. The molecule has 0 saturated heterocycles. The summed E-state index contributed by atoms with van der Waals surface area (Å²) in [4.78, 5) is 13.0. The van der Waals surface area contributed by atoms with Gasteiger partial charge in [0.2, 0.25) is 0 Å². The number of nitro benzene ring substituents is 1. The second-order valence-corrected chi connectivity index (χ2v) is 6.56. The van der Waals surface area contributed by atoms with Crippen LogP contribution < -0.4 is 0 Å². The Kier molecular flexibility index (Phi) is 4.05. The Hall–Kier alpha value is -2.99. The molecule has 6 heteroatoms. The number of aromatic nitrogens is 1. The molecule has 0 radical (unpaired) electrons. The molecule has 0 atom stereocenters. The minimum absolute atomic E-state index is 0.0403. The number of likely N-dealkylation sites (N-methyl/N-ethyl adjacent to an activating group) is 1. The SMILES string of the molecule is CN1CC=C(c2cn(-c3ccccc3F)c3ccc([N+](=O)[O-])cc23)CC1. The van der Waals surface area contributed by atoms with Gasteiger partial charge in [0.1, 0.15) is 5.82 Å². The van der Waals surface area contributed by atoms with Gasteiger partial charge in [0.15, 0.2) is 0 Å². The monoisotopic (exact) mass is 351 g/mol. The normalized spacial score (nSPS) is 15.2. The third-order valence-corrected chi connectivity index (χ3v) is 4.87. The standard InChI is InChI=1S/C20H18FN3O2/c1-22-10-8-14(9-11-22)17-13-23(20-5-3-2-4-18(20)21)19-7-6-15(24(25)26)12-16(17)19/h2-8,12-13H,9-11H2,1H3. The van der Waals surface area contributed by atoms with E-state index in [-0.39, 0.29) is 11.5 Å². The number of para-hydroxylation sites is 1. The molecule has 1 aliphatic rings. The van der Waals surface area contributed by atoms with Crippen LogP contribution in [0.2, 0.25) is 0 Å². The predicted octanol–water partition coefficient (Wildman–Crippen LogP) is 4.40. The third kappa shape index (κ3) is 2.78. The van der Waals surface area contributed by atoms with Crippen LogP contribution >= 0.6 is 0 Å². The van der Waals surface area contributed by atoms with Crippen molar-refractivity contribution in [3.05, 3.63) is 76.2 Å². The van der Waals surface area contributed by atoms with Crippen LogP contribution in [0.15, 0.2) is 54.7 Å². The first-order valence-electron chi connectivity index (χ1n) is 8.47. The average Bonchev–Trinajstić information content (AvgIpc) is 3.01. The molecular weight excluding hydrogens is 333 g/mol. The lowest BCUT2D eigenvalue weighted by Crippen LogP contribution is -2.23. The molecule has 0 unspecified atom stereocenters. The van der Waals surface area contributed by atoms with E-state index in [2.05, 4.69) is 18.0 Å². The molecule has 26 heavy (non-hydrogen) atoms. The van der Waals surface area contributed by atoms with E-state index in [1.165, 1.54) is 12.1 Å². The molecule has 0 N–H and O–H groups in total. The average molecular weight is 351 g/mol. The maximum absolute atomic E-state index is 14.4. The van der Waals surface area contributed by atoms with Crippen molar-refractivity contribution in [1.29, 1.82) is 0 Å². The van der Waals surface area contributed by atoms with Crippen LogP contribution in [-0.4, -0.2) is 34.5 Å². The highest BCUT2D eigenvalue weighted by Crippen LogP contribution is 2.35. The Morgan fingerprint density at radius 3 is 2.69 bits per heavy atom. The minimum atomic E-state index is -0.396. The first kappa shape index (κ1) is 16.5. The minimum Gasteiger partial charge on any atom is -0.313 e. The van der Waals surface area contributed by atoms with Crippen LogP contribution in [0.3, 0.4) is 0 Å². The Morgan fingerprint density at radius 1 is 1.19 bits per heavy atom. The topological polar surface area (TPSA) is 51.3 Å². The Labute approximate surface area is 150 Å². The summed E-state index contributed by atoms with van der Waals surface area (Å²) in [5.41, 5.74) is 3.31. The molecule has 0 amide bonds. The highest BCUT2D eigenvalue weighted by atomic mass is 19.1. The molecule has 132 valence electrons. The number of non-ortho nitro benzene ring substituents is 1. The Balaban J connectivity index is 1.97. The molecule has 1 aliphatic heterocycles. The highest BCUT2D eigenvalue weighted by molar-refractivity contribution is 5.95. The van der Waals surface area contributed by atoms with Crippen LogP contribution in [0.5, 0.6) is 0 Å². The summed E-state index contributed by atoms with van der Waals surface area (Å²) in [6.45, 7) is 1.75. The second kappa shape index (κ2) is 6.38. The first-order valence-corrected chi connectivity index (χ1v) is 8.47. The van der Waals surface area contributed by atoms with Gasteiger partial charge in [0, 0.05) is 42.4 Å². The summed E-state index contributed by atoms with van der Waals surface area (Å²) in [5.74, 6) is -0.327. The van der Waals surface area contributed by atoms with Gasteiger partial charge in [-0.05, 0) is 37.2 Å². The summed E-state index contributed by atoms with van der Waals surface area (Å²) in [5, 5.41) is 12.0. The van der Waals surface area contributed by atoms with Gasteiger partial charge < -0.3 is 9.47 Å². The molecule has 0 saturated carbocycles. The maximum atomic E-state index is 14.4. The van der Waals surface area contributed by atoms with Gasteiger partial charge in [-0.25, -0.2) is 4.39 Å². The van der Waals surface area contributed by atoms with E-state index in [0.29, 0.717) is 5.69 Å². The molecule has 4 rings (SSSR count). The van der Waals surface area contributed by atoms with E-state index < -0.39 is 4.92 Å². The van der Waals surface area contributed by atoms with Crippen molar-refractivity contribution in [2.75, 3.05) is 20.1 Å². The summed E-state index contributed by atoms with van der Waals surface area (Å²) >= 11 is 0. The van der Waals surface area contributed by atoms with Gasteiger partial charge in [-0.1, -0.05) is 18.2 Å². The zero-order valence-corrected chi connectivity index (χ0v) is 14.4. The Morgan fingerprint density at radius 2 is 2.00 bits per heavy atom. The fraction of sp³-hybridized carbons (Fsp3) is 0.200. The zero-order chi connectivity index (χ0) is 18.3. The van der Waals surface area contributed by atoms with Crippen molar-refractivity contribution in [1.82, 2.24) is 9.47 Å². The largest absolute Gasteiger partial charge is 0.313 e. The number of halogens is 1. The lowest BCUT2D eigenvalue weighted by atomic mass is 9.99. The number of rotatable bonds is 3. The molecule has 5 nitrogen and oxygen atoms in total. The van der Waals surface area contributed by atoms with Crippen LogP contribution in [-0.2, 0) is 0 Å². The quantitative estimate of drug-likeness (QED) is 0.519. The second-order valence-electron chi connectivity index (χ2n) is 6.56. The Bertz CT molecular complexity index is 1040. The molecule has 1 aromatic heterocycles. The van der Waals surface area contributed by atoms with Gasteiger partial charge in [-0.15, -0.1) is 0 Å². The van der Waals surface area contributed by atoms with E-state index in [1.807, 2.05) is 6.20 Å². The van der Waals surface area contributed by atoms with Crippen molar-refractivity contribution in [3.8, 4) is 5.69 Å². The summed E-state index contributed by atoms with van der Waals surface area (Å²) in [6.07, 6.45) is 4.89. The fourth-order valence-corrected chi connectivity index (χ4v) is 3.45. The van der Waals surface area contributed by atoms with E-state index in [9.17, 15) is 14.5 Å². The van der Waals surface area contributed by atoms with Crippen LogP contribution in [0, 0.1) is 15.9 Å². The number of nitrogens with zero attached hydrogens (tertiary/aromatic N) is 3. The highest BCUT2D eigenvalue weighted by Gasteiger charge is 2.19. The molecule has 2 heterocycles. The maximum Gasteiger partial charge on any atom is 0.270 e. The lowest BCUT2D eigenvalue weighted by molar-refractivity contribution is -0.384. The van der Waals surface area contributed by atoms with Gasteiger partial charge in [-0.2, -0.15) is 0 Å². The molecule has 0 aliphatic carbocycles. The van der Waals surface area contributed by atoms with E-state index >= 15 is 0 Å². The number of hydrogen-bond acceptors (Lipinski definition) is 3. The summed E-state index contributed by atoms with van der Waals surface area (Å²) in [6, 6.07) is 11.3. The van der Waals surface area contributed by atoms with Gasteiger partial charge in [0.05, 0.1) is 16.1 Å². The van der Waals surface area contributed by atoms with Crippen LogP contribution in [0.1, 0.15) is 12.0 Å². The molecule has 2 aromatic carbocycles. The smallest absolute Gasteiger partial charge is 0.270 e. The van der Waals surface area contributed by atoms with Crippen LogP contribution in [0.25, 0.3) is 22.2 Å². The van der Waals surface area contributed by atoms with Gasteiger partial charge in [0.25, 0.3) is 5.69 Å². The summed E-state index contributed by atoms with van der Waals surface area (Å²) in [7, 11) is 2.06. The van der Waals surface area contributed by atoms with E-state index in [0.717, 1.165) is 41.5 Å².